The van der Waals surface area contributed by atoms with Crippen molar-refractivity contribution in [3.63, 3.8) is 0 Å². The average Bonchev–Trinajstić information content (AvgIpc) is 2.92. The van der Waals surface area contributed by atoms with Crippen LogP contribution in [-0.4, -0.2) is 54.9 Å². The van der Waals surface area contributed by atoms with Crippen LogP contribution in [0.5, 0.6) is 11.5 Å². The molecule has 0 bridgehead atoms. The fraction of sp³-hybridized carbons (Fsp3) is 0.241. The van der Waals surface area contributed by atoms with Gasteiger partial charge >= 0.3 is 0 Å². The molecule has 2 amide bonds. The highest BCUT2D eigenvalue weighted by Gasteiger charge is 2.23. The Bertz CT molecular complexity index is 1150. The van der Waals surface area contributed by atoms with Crippen LogP contribution in [0, 0.1) is 0 Å². The van der Waals surface area contributed by atoms with Crippen molar-refractivity contribution in [2.24, 2.45) is 0 Å². The first-order chi connectivity index (χ1) is 17.1. The van der Waals surface area contributed by atoms with Gasteiger partial charge in [0.15, 0.2) is 11.5 Å². The number of carbonyl (C=O) groups is 2. The molecule has 3 aromatic carbocycles. The number of ether oxygens (including phenoxy) is 2. The van der Waals surface area contributed by atoms with E-state index in [2.05, 4.69) is 0 Å². The average molecular weight is 471 g/mol. The molecule has 0 saturated carbocycles. The number of carbonyl (C=O) groups excluding carboxylic acids is 2. The maximum atomic E-state index is 12.7. The first kappa shape index (κ1) is 24.1. The SMILES string of the molecule is COc1cc(C=CC(=O)N2CCN(C(=O)Cc3ccccc3)CC2)ccc1OCc1ccccc1. The van der Waals surface area contributed by atoms with Gasteiger partial charge in [-0.05, 0) is 34.9 Å². The molecule has 3 aromatic rings. The second-order valence-corrected chi connectivity index (χ2v) is 8.39. The molecule has 0 radical (unpaired) electrons. The van der Waals surface area contributed by atoms with Crippen molar-refractivity contribution in [1.29, 1.82) is 0 Å². The third-order valence-electron chi connectivity index (χ3n) is 5.99. The summed E-state index contributed by atoms with van der Waals surface area (Å²) < 4.78 is 11.4. The van der Waals surface area contributed by atoms with Crippen molar-refractivity contribution in [1.82, 2.24) is 9.80 Å². The van der Waals surface area contributed by atoms with Crippen molar-refractivity contribution >= 4 is 17.9 Å². The number of nitrogens with zero attached hydrogens (tertiary/aromatic N) is 2. The van der Waals surface area contributed by atoms with Gasteiger partial charge in [-0.3, -0.25) is 9.59 Å². The van der Waals surface area contributed by atoms with Crippen molar-refractivity contribution in [2.75, 3.05) is 33.3 Å². The number of piperazine rings is 1. The Balaban J connectivity index is 1.28. The molecule has 0 unspecified atom stereocenters. The van der Waals surface area contributed by atoms with Gasteiger partial charge in [-0.25, -0.2) is 0 Å². The highest BCUT2D eigenvalue weighted by atomic mass is 16.5. The summed E-state index contributed by atoms with van der Waals surface area (Å²) in [7, 11) is 1.60. The molecule has 6 heteroatoms. The van der Waals surface area contributed by atoms with Crippen molar-refractivity contribution in [2.45, 2.75) is 13.0 Å². The van der Waals surface area contributed by atoms with Crippen LogP contribution in [0.2, 0.25) is 0 Å². The summed E-state index contributed by atoms with van der Waals surface area (Å²) in [5.74, 6) is 1.29. The normalized spacial score (nSPS) is 13.6. The largest absolute Gasteiger partial charge is 0.493 e. The molecule has 1 heterocycles. The molecular weight excluding hydrogens is 440 g/mol. The van der Waals surface area contributed by atoms with Crippen molar-refractivity contribution in [3.05, 3.63) is 102 Å². The Morgan fingerprint density at radius 3 is 2.09 bits per heavy atom. The molecule has 1 aliphatic rings. The zero-order chi connectivity index (χ0) is 24.5. The number of hydrogen-bond acceptors (Lipinski definition) is 4. The monoisotopic (exact) mass is 470 g/mol. The van der Waals surface area contributed by atoms with E-state index in [1.165, 1.54) is 0 Å². The molecule has 0 aliphatic carbocycles. The number of hydrogen-bond donors (Lipinski definition) is 0. The van der Waals surface area contributed by atoms with Gasteiger partial charge in [0, 0.05) is 32.3 Å². The predicted molar refractivity (Wildman–Crippen MR) is 136 cm³/mol. The number of methoxy groups -OCH3 is 1. The zero-order valence-corrected chi connectivity index (χ0v) is 19.9. The first-order valence-electron chi connectivity index (χ1n) is 11.8. The second kappa shape index (κ2) is 11.9. The summed E-state index contributed by atoms with van der Waals surface area (Å²) in [6, 6.07) is 25.3. The first-order valence-corrected chi connectivity index (χ1v) is 11.8. The molecule has 1 fully saturated rings. The van der Waals surface area contributed by atoms with E-state index in [-0.39, 0.29) is 11.8 Å². The van der Waals surface area contributed by atoms with Gasteiger partial charge in [0.1, 0.15) is 6.61 Å². The van der Waals surface area contributed by atoms with Crippen LogP contribution in [0.4, 0.5) is 0 Å². The van der Waals surface area contributed by atoms with Gasteiger partial charge in [0.05, 0.1) is 13.5 Å². The predicted octanol–water partition coefficient (Wildman–Crippen LogP) is 4.20. The molecule has 6 nitrogen and oxygen atoms in total. The van der Waals surface area contributed by atoms with Crippen LogP contribution in [0.25, 0.3) is 6.08 Å². The lowest BCUT2D eigenvalue weighted by atomic mass is 10.1. The number of rotatable bonds is 8. The molecule has 180 valence electrons. The van der Waals surface area contributed by atoms with Crippen LogP contribution in [-0.2, 0) is 22.6 Å². The van der Waals surface area contributed by atoms with Gasteiger partial charge in [0.2, 0.25) is 11.8 Å². The molecule has 4 rings (SSSR count). The third-order valence-corrected chi connectivity index (χ3v) is 5.99. The summed E-state index contributed by atoms with van der Waals surface area (Å²) >= 11 is 0. The summed E-state index contributed by atoms with van der Waals surface area (Å²) in [4.78, 5) is 28.9. The Morgan fingerprint density at radius 2 is 1.43 bits per heavy atom. The maximum absolute atomic E-state index is 12.7. The van der Waals surface area contributed by atoms with Crippen molar-refractivity contribution < 1.29 is 19.1 Å². The highest BCUT2D eigenvalue weighted by molar-refractivity contribution is 5.92. The van der Waals surface area contributed by atoms with Gasteiger partial charge in [-0.15, -0.1) is 0 Å². The quantitative estimate of drug-likeness (QED) is 0.463. The summed E-state index contributed by atoms with van der Waals surface area (Å²) in [6.07, 6.45) is 3.74. The molecule has 1 aliphatic heterocycles. The Kier molecular flexibility index (Phi) is 8.17. The molecule has 0 aromatic heterocycles. The smallest absolute Gasteiger partial charge is 0.246 e. The summed E-state index contributed by atoms with van der Waals surface area (Å²) in [6.45, 7) is 2.60. The minimum absolute atomic E-state index is 0.0662. The topological polar surface area (TPSA) is 59.1 Å². The van der Waals surface area contributed by atoms with E-state index in [4.69, 9.17) is 9.47 Å². The minimum Gasteiger partial charge on any atom is -0.493 e. The van der Waals surface area contributed by atoms with Gasteiger partial charge in [0.25, 0.3) is 0 Å². The van der Waals surface area contributed by atoms with Gasteiger partial charge in [-0.1, -0.05) is 66.7 Å². The molecule has 0 spiro atoms. The van der Waals surface area contributed by atoms with Crippen LogP contribution in [0.1, 0.15) is 16.7 Å². The van der Waals surface area contributed by atoms with Crippen LogP contribution in [0.3, 0.4) is 0 Å². The van der Waals surface area contributed by atoms with E-state index < -0.39 is 0 Å². The lowest BCUT2D eigenvalue weighted by Gasteiger charge is -2.34. The van der Waals surface area contributed by atoms with Crippen LogP contribution < -0.4 is 9.47 Å². The van der Waals surface area contributed by atoms with Gasteiger partial charge < -0.3 is 19.3 Å². The summed E-state index contributed by atoms with van der Waals surface area (Å²) in [5, 5.41) is 0. The van der Waals surface area contributed by atoms with E-state index in [0.29, 0.717) is 50.7 Å². The molecule has 1 saturated heterocycles. The van der Waals surface area contributed by atoms with E-state index in [1.54, 1.807) is 24.2 Å². The second-order valence-electron chi connectivity index (χ2n) is 8.39. The maximum Gasteiger partial charge on any atom is 0.246 e. The Hall–Kier alpha value is -4.06. The Morgan fingerprint density at radius 1 is 0.800 bits per heavy atom. The highest BCUT2D eigenvalue weighted by Crippen LogP contribution is 2.29. The fourth-order valence-corrected chi connectivity index (χ4v) is 3.97. The van der Waals surface area contributed by atoms with E-state index in [9.17, 15) is 9.59 Å². The van der Waals surface area contributed by atoms with E-state index >= 15 is 0 Å². The molecule has 0 N–H and O–H groups in total. The van der Waals surface area contributed by atoms with Crippen LogP contribution in [0.15, 0.2) is 84.9 Å². The number of amides is 2. The van der Waals surface area contributed by atoms with Gasteiger partial charge in [-0.2, -0.15) is 0 Å². The zero-order valence-electron chi connectivity index (χ0n) is 19.9. The fourth-order valence-electron chi connectivity index (χ4n) is 3.97. The van der Waals surface area contributed by atoms with E-state index in [0.717, 1.165) is 16.7 Å². The number of benzene rings is 3. The van der Waals surface area contributed by atoms with Crippen molar-refractivity contribution in [3.8, 4) is 11.5 Å². The molecule has 35 heavy (non-hydrogen) atoms. The molecular formula is C29H30N2O4. The van der Waals surface area contributed by atoms with Crippen LogP contribution >= 0.6 is 0 Å². The molecule has 0 atom stereocenters. The summed E-state index contributed by atoms with van der Waals surface area (Å²) in [5.41, 5.74) is 2.93. The lowest BCUT2D eigenvalue weighted by Crippen LogP contribution is -2.50. The Labute approximate surface area is 206 Å². The van der Waals surface area contributed by atoms with E-state index in [1.807, 2.05) is 83.8 Å². The third kappa shape index (κ3) is 6.73. The minimum atomic E-state index is -0.0662. The standard InChI is InChI=1S/C29H30N2O4/c1-34-27-20-24(12-14-26(27)35-22-25-10-6-3-7-11-25)13-15-28(32)30-16-18-31(19-17-30)29(33)21-23-8-4-2-5-9-23/h2-15,20H,16-19,21-22H2,1H3. The lowest BCUT2D eigenvalue weighted by molar-refractivity contribution is -0.136.